The minimum Gasteiger partial charge on any atom is -0.480 e. The number of aliphatic carboxylic acids is 1. The second kappa shape index (κ2) is 5.95. The monoisotopic (exact) mass is 258 g/mol. The third-order valence-corrected chi connectivity index (χ3v) is 2.15. The molecule has 18 heavy (non-hydrogen) atoms. The van der Waals surface area contributed by atoms with Crippen LogP contribution in [-0.4, -0.2) is 35.6 Å². The van der Waals surface area contributed by atoms with Gasteiger partial charge in [0.15, 0.2) is 11.6 Å². The normalized spacial score (nSPS) is 9.94. The third-order valence-electron chi connectivity index (χ3n) is 2.15. The number of urea groups is 1. The van der Waals surface area contributed by atoms with E-state index in [0.717, 1.165) is 17.0 Å². The van der Waals surface area contributed by atoms with E-state index in [1.54, 1.807) is 0 Å². The molecule has 0 bridgehead atoms. The van der Waals surface area contributed by atoms with Crippen molar-refractivity contribution in [2.45, 2.75) is 6.54 Å². The maximum Gasteiger partial charge on any atom is 0.323 e. The third kappa shape index (κ3) is 4.00. The number of hydrogen-bond donors (Lipinski definition) is 2. The molecule has 1 aromatic carbocycles. The van der Waals surface area contributed by atoms with Crippen LogP contribution in [0.5, 0.6) is 0 Å². The topological polar surface area (TPSA) is 69.6 Å². The number of halogens is 2. The summed E-state index contributed by atoms with van der Waals surface area (Å²) in [4.78, 5) is 22.7. The van der Waals surface area contributed by atoms with E-state index in [1.165, 1.54) is 13.1 Å². The zero-order valence-corrected chi connectivity index (χ0v) is 9.61. The van der Waals surface area contributed by atoms with Crippen LogP contribution in [0.1, 0.15) is 5.56 Å². The molecular formula is C11H12F2N2O3. The Morgan fingerprint density at radius 3 is 2.56 bits per heavy atom. The lowest BCUT2D eigenvalue weighted by molar-refractivity contribution is -0.137. The molecule has 0 saturated heterocycles. The van der Waals surface area contributed by atoms with Gasteiger partial charge in [0.2, 0.25) is 0 Å². The van der Waals surface area contributed by atoms with Crippen molar-refractivity contribution in [1.82, 2.24) is 10.2 Å². The Hall–Kier alpha value is -2.18. The van der Waals surface area contributed by atoms with Crippen molar-refractivity contribution in [3.05, 3.63) is 35.4 Å². The highest BCUT2D eigenvalue weighted by Crippen LogP contribution is 2.08. The van der Waals surface area contributed by atoms with Crippen LogP contribution in [0.4, 0.5) is 13.6 Å². The van der Waals surface area contributed by atoms with Gasteiger partial charge in [-0.05, 0) is 17.7 Å². The van der Waals surface area contributed by atoms with Gasteiger partial charge in [0.1, 0.15) is 6.54 Å². The van der Waals surface area contributed by atoms with Crippen LogP contribution in [-0.2, 0) is 11.3 Å². The van der Waals surface area contributed by atoms with Crippen LogP contribution < -0.4 is 5.32 Å². The van der Waals surface area contributed by atoms with Crippen LogP contribution in [0, 0.1) is 11.6 Å². The molecule has 98 valence electrons. The van der Waals surface area contributed by atoms with Gasteiger partial charge in [0.05, 0.1) is 0 Å². The summed E-state index contributed by atoms with van der Waals surface area (Å²) in [5.41, 5.74) is 0.381. The Labute approximate surface area is 102 Å². The maximum absolute atomic E-state index is 12.9. The van der Waals surface area contributed by atoms with E-state index >= 15 is 0 Å². The Bertz CT molecular complexity index is 466. The molecule has 2 amide bonds. The number of nitrogens with one attached hydrogen (secondary N) is 1. The van der Waals surface area contributed by atoms with Crippen molar-refractivity contribution in [2.24, 2.45) is 0 Å². The molecule has 0 aliphatic heterocycles. The number of hydrogen-bond acceptors (Lipinski definition) is 2. The zero-order chi connectivity index (χ0) is 13.7. The minimum absolute atomic E-state index is 0.0139. The van der Waals surface area contributed by atoms with Crippen LogP contribution in [0.3, 0.4) is 0 Å². The smallest absolute Gasteiger partial charge is 0.323 e. The largest absolute Gasteiger partial charge is 0.480 e. The summed E-state index contributed by atoms with van der Waals surface area (Å²) in [5.74, 6) is -3.10. The fourth-order valence-electron chi connectivity index (χ4n) is 1.24. The second-order valence-corrected chi connectivity index (χ2v) is 3.66. The highest BCUT2D eigenvalue weighted by Gasteiger charge is 2.11. The number of carbonyl (C=O) groups is 2. The van der Waals surface area contributed by atoms with Crippen LogP contribution in [0.25, 0.3) is 0 Å². The van der Waals surface area contributed by atoms with Gasteiger partial charge in [0.25, 0.3) is 0 Å². The lowest BCUT2D eigenvalue weighted by Gasteiger charge is -2.15. The summed E-state index contributed by atoms with van der Waals surface area (Å²) in [6, 6.07) is 2.64. The zero-order valence-electron chi connectivity index (χ0n) is 9.61. The molecule has 0 unspecified atom stereocenters. The van der Waals surface area contributed by atoms with Crippen LogP contribution >= 0.6 is 0 Å². The van der Waals surface area contributed by atoms with Crippen molar-refractivity contribution in [3.63, 3.8) is 0 Å². The Kier molecular flexibility index (Phi) is 4.59. The van der Waals surface area contributed by atoms with Crippen molar-refractivity contribution < 1.29 is 23.5 Å². The highest BCUT2D eigenvalue weighted by molar-refractivity contribution is 5.79. The summed E-state index contributed by atoms with van der Waals surface area (Å²) in [6.07, 6.45) is 0. The molecule has 2 N–H and O–H groups in total. The lowest BCUT2D eigenvalue weighted by atomic mass is 10.2. The fraction of sp³-hybridized carbons (Fsp3) is 0.273. The van der Waals surface area contributed by atoms with Gasteiger partial charge in [-0.3, -0.25) is 4.79 Å². The average molecular weight is 258 g/mol. The van der Waals surface area contributed by atoms with E-state index in [0.29, 0.717) is 5.56 Å². The van der Waals surface area contributed by atoms with Crippen molar-refractivity contribution in [1.29, 1.82) is 0 Å². The average Bonchev–Trinajstić information content (AvgIpc) is 2.29. The molecule has 7 heteroatoms. The first-order valence-corrected chi connectivity index (χ1v) is 5.05. The molecule has 0 aliphatic rings. The maximum atomic E-state index is 12.9. The number of amides is 2. The summed E-state index contributed by atoms with van der Waals surface area (Å²) < 4.78 is 25.5. The van der Waals surface area contributed by atoms with Gasteiger partial charge in [-0.2, -0.15) is 0 Å². The summed E-state index contributed by atoms with van der Waals surface area (Å²) in [7, 11) is 1.31. The number of carboxylic acid groups (broad SMARTS) is 1. The molecule has 0 heterocycles. The number of nitrogens with zero attached hydrogens (tertiary/aromatic N) is 1. The number of benzene rings is 1. The first-order valence-electron chi connectivity index (χ1n) is 5.05. The van der Waals surface area contributed by atoms with Gasteiger partial charge in [-0.25, -0.2) is 13.6 Å². The first kappa shape index (κ1) is 13.9. The molecule has 1 aromatic rings. The van der Waals surface area contributed by atoms with Crippen molar-refractivity contribution >= 4 is 12.0 Å². The van der Waals surface area contributed by atoms with E-state index in [1.807, 2.05) is 0 Å². The molecule has 0 fully saturated rings. The van der Waals surface area contributed by atoms with E-state index in [2.05, 4.69) is 5.32 Å². The quantitative estimate of drug-likeness (QED) is 0.852. The number of carboxylic acids is 1. The summed E-state index contributed by atoms with van der Waals surface area (Å²) in [6.45, 7) is -0.455. The van der Waals surface area contributed by atoms with Crippen LogP contribution in [0.2, 0.25) is 0 Å². The SMILES string of the molecule is CN(CC(=O)O)C(=O)NCc1ccc(F)c(F)c1. The minimum atomic E-state index is -1.14. The number of carbonyl (C=O) groups excluding carboxylic acids is 1. The standard InChI is InChI=1S/C11H12F2N2O3/c1-15(6-10(16)17)11(18)14-5-7-2-3-8(12)9(13)4-7/h2-4H,5-6H2,1H3,(H,14,18)(H,16,17). The molecule has 5 nitrogen and oxygen atoms in total. The van der Waals surface area contributed by atoms with Gasteiger partial charge < -0.3 is 15.3 Å². The molecule has 0 spiro atoms. The molecule has 0 aromatic heterocycles. The van der Waals surface area contributed by atoms with Crippen molar-refractivity contribution in [2.75, 3.05) is 13.6 Å². The van der Waals surface area contributed by atoms with Crippen molar-refractivity contribution in [3.8, 4) is 0 Å². The first-order chi connectivity index (χ1) is 8.40. The summed E-state index contributed by atoms with van der Waals surface area (Å²) in [5, 5.41) is 10.9. The molecular weight excluding hydrogens is 246 g/mol. The Morgan fingerprint density at radius 2 is 2.00 bits per heavy atom. The van der Waals surface area contributed by atoms with Gasteiger partial charge in [0, 0.05) is 13.6 Å². The van der Waals surface area contributed by atoms with Gasteiger partial charge in [-0.1, -0.05) is 6.07 Å². The van der Waals surface area contributed by atoms with Crippen LogP contribution in [0.15, 0.2) is 18.2 Å². The van der Waals surface area contributed by atoms with E-state index < -0.39 is 30.2 Å². The predicted molar refractivity (Wildman–Crippen MR) is 58.9 cm³/mol. The molecule has 1 rings (SSSR count). The Balaban J connectivity index is 2.52. The Morgan fingerprint density at radius 1 is 1.33 bits per heavy atom. The molecule has 0 saturated carbocycles. The number of likely N-dealkylation sites (N-methyl/N-ethyl adjacent to an activating group) is 1. The second-order valence-electron chi connectivity index (χ2n) is 3.66. The highest BCUT2D eigenvalue weighted by atomic mass is 19.2. The molecule has 0 radical (unpaired) electrons. The molecule has 0 atom stereocenters. The number of rotatable bonds is 4. The predicted octanol–water partition coefficient (Wildman–Crippen LogP) is 1.19. The fourth-order valence-corrected chi connectivity index (χ4v) is 1.24. The summed E-state index contributed by atoms with van der Waals surface area (Å²) >= 11 is 0. The van der Waals surface area contributed by atoms with E-state index in [-0.39, 0.29) is 6.54 Å². The van der Waals surface area contributed by atoms with E-state index in [4.69, 9.17) is 5.11 Å². The lowest BCUT2D eigenvalue weighted by Crippen LogP contribution is -2.39. The molecule has 0 aliphatic carbocycles. The van der Waals surface area contributed by atoms with Gasteiger partial charge in [-0.15, -0.1) is 0 Å². The van der Waals surface area contributed by atoms with Gasteiger partial charge >= 0.3 is 12.0 Å². The van der Waals surface area contributed by atoms with E-state index in [9.17, 15) is 18.4 Å².